The van der Waals surface area contributed by atoms with E-state index in [9.17, 15) is 17.2 Å². The minimum absolute atomic E-state index is 0.237. The monoisotopic (exact) mass is 423 g/mol. The summed E-state index contributed by atoms with van der Waals surface area (Å²) in [6, 6.07) is 4.48. The summed E-state index contributed by atoms with van der Waals surface area (Å²) in [6.07, 6.45) is 5.23. The fourth-order valence-electron chi connectivity index (χ4n) is 3.71. The number of rotatable bonds is 4. The van der Waals surface area contributed by atoms with Gasteiger partial charge in [-0.3, -0.25) is 0 Å². The third-order valence-electron chi connectivity index (χ3n) is 5.36. The molecule has 1 aromatic carbocycles. The van der Waals surface area contributed by atoms with E-state index in [4.69, 9.17) is 0 Å². The topological polar surface area (TPSA) is 69.6 Å². The van der Waals surface area contributed by atoms with Gasteiger partial charge in [0.15, 0.2) is 11.6 Å². The molecule has 0 N–H and O–H groups in total. The molecule has 156 valence electrons. The van der Waals surface area contributed by atoms with Crippen molar-refractivity contribution >= 4 is 21.8 Å². The maximum absolute atomic E-state index is 13.5. The van der Waals surface area contributed by atoms with Gasteiger partial charge in [-0.2, -0.15) is 9.29 Å². The van der Waals surface area contributed by atoms with Crippen LogP contribution in [-0.2, 0) is 10.0 Å². The second-order valence-corrected chi connectivity index (χ2v) is 9.17. The zero-order valence-electron chi connectivity index (χ0n) is 16.0. The van der Waals surface area contributed by atoms with Crippen molar-refractivity contribution in [1.29, 1.82) is 0 Å². The number of piperazine rings is 1. The number of halogens is 2. The van der Waals surface area contributed by atoms with E-state index in [0.717, 1.165) is 49.9 Å². The van der Waals surface area contributed by atoms with Crippen molar-refractivity contribution in [3.63, 3.8) is 0 Å². The zero-order valence-corrected chi connectivity index (χ0v) is 16.8. The molecule has 0 radical (unpaired) electrons. The van der Waals surface area contributed by atoms with Gasteiger partial charge in [-0.15, -0.1) is 0 Å². The van der Waals surface area contributed by atoms with E-state index in [-0.39, 0.29) is 18.0 Å². The molecule has 2 fully saturated rings. The van der Waals surface area contributed by atoms with Crippen LogP contribution in [-0.4, -0.2) is 62.0 Å². The Morgan fingerprint density at radius 1 is 0.828 bits per heavy atom. The molecule has 2 aliphatic heterocycles. The van der Waals surface area contributed by atoms with Crippen molar-refractivity contribution in [2.45, 2.75) is 24.2 Å². The van der Waals surface area contributed by atoms with Crippen LogP contribution in [0.1, 0.15) is 19.3 Å². The maximum atomic E-state index is 13.5. The van der Waals surface area contributed by atoms with E-state index in [0.29, 0.717) is 19.0 Å². The molecule has 2 aromatic rings. The highest BCUT2D eigenvalue weighted by Crippen LogP contribution is 2.23. The van der Waals surface area contributed by atoms with Crippen molar-refractivity contribution in [3.8, 4) is 0 Å². The Morgan fingerprint density at radius 3 is 2.24 bits per heavy atom. The van der Waals surface area contributed by atoms with Gasteiger partial charge in [0.1, 0.15) is 5.82 Å². The van der Waals surface area contributed by atoms with Crippen LogP contribution in [0.15, 0.2) is 35.4 Å². The summed E-state index contributed by atoms with van der Waals surface area (Å²) < 4.78 is 53.4. The Bertz CT molecular complexity index is 974. The number of aromatic nitrogens is 2. The van der Waals surface area contributed by atoms with E-state index < -0.39 is 21.7 Å². The van der Waals surface area contributed by atoms with Gasteiger partial charge >= 0.3 is 0 Å². The molecule has 0 atom stereocenters. The molecule has 3 heterocycles. The zero-order chi connectivity index (χ0) is 20.4. The summed E-state index contributed by atoms with van der Waals surface area (Å²) in [6.45, 7) is 3.29. The number of hydrogen-bond acceptors (Lipinski definition) is 6. The van der Waals surface area contributed by atoms with Crippen molar-refractivity contribution < 1.29 is 17.2 Å². The van der Waals surface area contributed by atoms with E-state index in [1.165, 1.54) is 10.7 Å². The SMILES string of the molecule is O=S(=O)(c1ccc(F)c(F)c1)N1CCN(c2ccnc(N3CCCCC3)n2)CC1. The van der Waals surface area contributed by atoms with Crippen molar-refractivity contribution in [2.24, 2.45) is 0 Å². The molecule has 0 aliphatic carbocycles. The van der Waals surface area contributed by atoms with Crippen LogP contribution >= 0.6 is 0 Å². The molecule has 29 heavy (non-hydrogen) atoms. The quantitative estimate of drug-likeness (QED) is 0.752. The highest BCUT2D eigenvalue weighted by Gasteiger charge is 2.30. The molecule has 7 nitrogen and oxygen atoms in total. The van der Waals surface area contributed by atoms with E-state index in [1.54, 1.807) is 6.20 Å². The maximum Gasteiger partial charge on any atom is 0.243 e. The predicted molar refractivity (Wildman–Crippen MR) is 105 cm³/mol. The summed E-state index contributed by atoms with van der Waals surface area (Å²) in [7, 11) is -3.87. The summed E-state index contributed by atoms with van der Waals surface area (Å²) in [5.41, 5.74) is 0. The minimum Gasteiger partial charge on any atom is -0.354 e. The van der Waals surface area contributed by atoms with Crippen molar-refractivity contribution in [1.82, 2.24) is 14.3 Å². The molecule has 0 unspecified atom stereocenters. The molecular formula is C19H23F2N5O2S. The number of piperidine rings is 1. The highest BCUT2D eigenvalue weighted by molar-refractivity contribution is 7.89. The largest absolute Gasteiger partial charge is 0.354 e. The van der Waals surface area contributed by atoms with Crippen LogP contribution in [0.4, 0.5) is 20.5 Å². The average molecular weight is 423 g/mol. The molecule has 1 aromatic heterocycles. The van der Waals surface area contributed by atoms with Gasteiger partial charge in [-0.25, -0.2) is 22.2 Å². The van der Waals surface area contributed by atoms with Gasteiger partial charge in [0.25, 0.3) is 0 Å². The van der Waals surface area contributed by atoms with Gasteiger partial charge in [0.2, 0.25) is 16.0 Å². The second kappa shape index (κ2) is 8.19. The first-order chi connectivity index (χ1) is 13.9. The summed E-state index contributed by atoms with van der Waals surface area (Å²) in [4.78, 5) is 13.0. The number of hydrogen-bond donors (Lipinski definition) is 0. The predicted octanol–water partition coefficient (Wildman–Crippen LogP) is 2.26. The summed E-state index contributed by atoms with van der Waals surface area (Å²) >= 11 is 0. The Hall–Kier alpha value is -2.33. The number of sulfonamides is 1. The van der Waals surface area contributed by atoms with Crippen LogP contribution < -0.4 is 9.80 Å². The smallest absolute Gasteiger partial charge is 0.243 e. The van der Waals surface area contributed by atoms with E-state index in [1.807, 2.05) is 11.0 Å². The molecule has 4 rings (SSSR count). The first-order valence-corrected chi connectivity index (χ1v) is 11.2. The Kier molecular flexibility index (Phi) is 5.64. The van der Waals surface area contributed by atoms with Gasteiger partial charge in [0.05, 0.1) is 4.90 Å². The fraction of sp³-hybridized carbons (Fsp3) is 0.474. The van der Waals surface area contributed by atoms with Crippen LogP contribution in [0.2, 0.25) is 0 Å². The number of nitrogens with zero attached hydrogens (tertiary/aromatic N) is 5. The summed E-state index contributed by atoms with van der Waals surface area (Å²) in [5, 5.41) is 0. The average Bonchev–Trinajstić information content (AvgIpc) is 2.76. The molecule has 0 amide bonds. The van der Waals surface area contributed by atoms with Gasteiger partial charge < -0.3 is 9.80 Å². The van der Waals surface area contributed by atoms with Gasteiger partial charge in [-0.05, 0) is 43.5 Å². The first kappa shape index (κ1) is 20.0. The molecular weight excluding hydrogens is 400 g/mol. The number of benzene rings is 1. The van der Waals surface area contributed by atoms with Gasteiger partial charge in [-0.1, -0.05) is 0 Å². The molecule has 10 heteroatoms. The lowest BCUT2D eigenvalue weighted by atomic mass is 10.1. The molecule has 2 saturated heterocycles. The van der Waals surface area contributed by atoms with E-state index in [2.05, 4.69) is 14.9 Å². The third-order valence-corrected chi connectivity index (χ3v) is 7.25. The third kappa shape index (κ3) is 4.18. The van der Waals surface area contributed by atoms with Crippen LogP contribution in [0.5, 0.6) is 0 Å². The molecule has 0 spiro atoms. The fourth-order valence-corrected chi connectivity index (χ4v) is 5.14. The minimum atomic E-state index is -3.87. The molecule has 0 bridgehead atoms. The van der Waals surface area contributed by atoms with E-state index >= 15 is 0 Å². The van der Waals surface area contributed by atoms with Crippen molar-refractivity contribution in [3.05, 3.63) is 42.1 Å². The Morgan fingerprint density at radius 2 is 1.55 bits per heavy atom. The first-order valence-electron chi connectivity index (χ1n) is 9.73. The van der Waals surface area contributed by atoms with Crippen molar-refractivity contribution in [2.75, 3.05) is 49.1 Å². The lowest BCUT2D eigenvalue weighted by molar-refractivity contribution is 0.383. The lowest BCUT2D eigenvalue weighted by Gasteiger charge is -2.35. The normalized spacial score (nSPS) is 18.8. The number of anilines is 2. The standard InChI is InChI=1S/C19H23F2N5O2S/c20-16-5-4-15(14-17(16)21)29(27,28)26-12-10-24(11-13-26)18-6-7-22-19(23-18)25-8-2-1-3-9-25/h4-7,14H,1-3,8-13H2. The Labute approximate surface area is 169 Å². The van der Waals surface area contributed by atoms with Gasteiger partial charge in [0, 0.05) is 45.5 Å². The lowest BCUT2D eigenvalue weighted by Crippen LogP contribution is -2.49. The van der Waals surface area contributed by atoms with Crippen LogP contribution in [0, 0.1) is 11.6 Å². The van der Waals surface area contributed by atoms with Crippen LogP contribution in [0.3, 0.4) is 0 Å². The Balaban J connectivity index is 1.44. The summed E-state index contributed by atoms with van der Waals surface area (Å²) in [5.74, 6) is -0.762. The molecule has 2 aliphatic rings. The highest BCUT2D eigenvalue weighted by atomic mass is 32.2. The van der Waals surface area contributed by atoms with Crippen LogP contribution in [0.25, 0.3) is 0 Å². The molecule has 0 saturated carbocycles. The second-order valence-electron chi connectivity index (χ2n) is 7.23.